The summed E-state index contributed by atoms with van der Waals surface area (Å²) >= 11 is 0. The van der Waals surface area contributed by atoms with E-state index >= 15 is 0 Å². The highest BCUT2D eigenvalue weighted by molar-refractivity contribution is 5.92. The third-order valence-corrected chi connectivity index (χ3v) is 3.11. The zero-order valence-electron chi connectivity index (χ0n) is 10.6. The molecule has 1 fully saturated rings. The second-order valence-corrected chi connectivity index (χ2v) is 4.46. The van der Waals surface area contributed by atoms with E-state index in [1.54, 1.807) is 10.9 Å². The van der Waals surface area contributed by atoms with Gasteiger partial charge in [-0.25, -0.2) is 4.79 Å². The molecular formula is C12H19N3O3. The number of hydrogen-bond donors (Lipinski definition) is 1. The minimum Gasteiger partial charge on any atom is -0.464 e. The molecule has 0 spiro atoms. The van der Waals surface area contributed by atoms with Gasteiger partial charge in [-0.15, -0.1) is 0 Å². The Labute approximate surface area is 106 Å². The van der Waals surface area contributed by atoms with E-state index < -0.39 is 5.97 Å². The fraction of sp³-hybridized carbons (Fsp3) is 0.667. The average Bonchev–Trinajstić information content (AvgIpc) is 2.98. The monoisotopic (exact) mass is 253 g/mol. The Hall–Kier alpha value is -1.56. The maximum Gasteiger partial charge on any atom is 0.360 e. The van der Waals surface area contributed by atoms with Crippen LogP contribution in [0.15, 0.2) is 6.20 Å². The molecule has 1 unspecified atom stereocenters. The third kappa shape index (κ3) is 3.01. The zero-order valence-corrected chi connectivity index (χ0v) is 10.6. The normalized spacial score (nSPS) is 19.1. The first-order valence-electron chi connectivity index (χ1n) is 6.23. The van der Waals surface area contributed by atoms with Gasteiger partial charge in [-0.05, 0) is 25.7 Å². The van der Waals surface area contributed by atoms with E-state index in [-0.39, 0.29) is 5.69 Å². The largest absolute Gasteiger partial charge is 0.464 e. The van der Waals surface area contributed by atoms with Crippen LogP contribution < -0.4 is 5.73 Å². The van der Waals surface area contributed by atoms with Gasteiger partial charge in [-0.2, -0.15) is 5.10 Å². The van der Waals surface area contributed by atoms with Crippen molar-refractivity contribution in [3.05, 3.63) is 11.9 Å². The minimum atomic E-state index is -0.495. The Morgan fingerprint density at radius 2 is 2.56 bits per heavy atom. The Kier molecular flexibility index (Phi) is 4.19. The lowest BCUT2D eigenvalue weighted by atomic mass is 10.1. The molecule has 1 aliphatic heterocycles. The highest BCUT2D eigenvalue weighted by atomic mass is 16.5. The number of carbonyl (C=O) groups is 1. The standard InChI is InChI=1S/C12H19N3O3/c1-17-12(16)11-10(13)8-15(14-11)6-2-4-9-5-3-7-18-9/h8-9H,2-7,13H2,1H3. The first-order chi connectivity index (χ1) is 8.70. The second-order valence-electron chi connectivity index (χ2n) is 4.46. The second kappa shape index (κ2) is 5.86. The molecule has 0 amide bonds. The van der Waals surface area contributed by atoms with Crippen LogP contribution in [0.25, 0.3) is 0 Å². The van der Waals surface area contributed by atoms with Gasteiger partial charge in [-0.3, -0.25) is 4.68 Å². The topological polar surface area (TPSA) is 79.4 Å². The third-order valence-electron chi connectivity index (χ3n) is 3.11. The predicted molar refractivity (Wildman–Crippen MR) is 66.2 cm³/mol. The van der Waals surface area contributed by atoms with Crippen molar-refractivity contribution in [2.45, 2.75) is 38.3 Å². The first-order valence-corrected chi connectivity index (χ1v) is 6.23. The summed E-state index contributed by atoms with van der Waals surface area (Å²) in [6.45, 7) is 1.62. The van der Waals surface area contributed by atoms with E-state index in [0.717, 1.165) is 38.8 Å². The lowest BCUT2D eigenvalue weighted by molar-refractivity contribution is 0.0594. The number of hydrogen-bond acceptors (Lipinski definition) is 5. The van der Waals surface area contributed by atoms with Crippen LogP contribution in [0.3, 0.4) is 0 Å². The summed E-state index contributed by atoms with van der Waals surface area (Å²) in [4.78, 5) is 11.3. The van der Waals surface area contributed by atoms with Crippen LogP contribution in [-0.4, -0.2) is 35.6 Å². The number of anilines is 1. The van der Waals surface area contributed by atoms with Gasteiger partial charge in [0, 0.05) is 19.3 Å². The Bertz CT molecular complexity index is 411. The van der Waals surface area contributed by atoms with Crippen LogP contribution in [0.4, 0.5) is 5.69 Å². The molecule has 0 bridgehead atoms. The molecule has 1 aliphatic rings. The summed E-state index contributed by atoms with van der Waals surface area (Å²) in [7, 11) is 1.32. The lowest BCUT2D eigenvalue weighted by Gasteiger charge is -2.08. The van der Waals surface area contributed by atoms with Crippen LogP contribution in [-0.2, 0) is 16.0 Å². The number of ether oxygens (including phenoxy) is 2. The SMILES string of the molecule is COC(=O)c1nn(CCCC2CCCO2)cc1N. The molecule has 2 rings (SSSR count). The number of nitrogen functional groups attached to an aromatic ring is 1. The minimum absolute atomic E-state index is 0.189. The van der Waals surface area contributed by atoms with E-state index in [9.17, 15) is 4.79 Å². The van der Waals surface area contributed by atoms with Gasteiger partial charge in [0.05, 0.1) is 18.9 Å². The van der Waals surface area contributed by atoms with Crippen molar-refractivity contribution >= 4 is 11.7 Å². The summed E-state index contributed by atoms with van der Waals surface area (Å²) in [5.41, 5.74) is 6.25. The number of carbonyl (C=O) groups excluding carboxylic acids is 1. The van der Waals surface area contributed by atoms with Crippen molar-refractivity contribution in [3.63, 3.8) is 0 Å². The fourth-order valence-electron chi connectivity index (χ4n) is 2.16. The van der Waals surface area contributed by atoms with Crippen LogP contribution in [0, 0.1) is 0 Å². The van der Waals surface area contributed by atoms with Crippen LogP contribution in [0.1, 0.15) is 36.2 Å². The van der Waals surface area contributed by atoms with Crippen LogP contribution in [0.5, 0.6) is 0 Å². The van der Waals surface area contributed by atoms with Gasteiger partial charge in [0.2, 0.25) is 0 Å². The Balaban J connectivity index is 1.83. The lowest BCUT2D eigenvalue weighted by Crippen LogP contribution is -2.09. The van der Waals surface area contributed by atoms with Gasteiger partial charge >= 0.3 is 5.97 Å². The molecule has 1 atom stereocenters. The van der Waals surface area contributed by atoms with Crippen molar-refractivity contribution in [2.75, 3.05) is 19.5 Å². The molecule has 1 saturated heterocycles. The number of nitrogens with two attached hydrogens (primary N) is 1. The number of rotatable bonds is 5. The van der Waals surface area contributed by atoms with E-state index in [2.05, 4.69) is 9.84 Å². The van der Waals surface area contributed by atoms with E-state index in [0.29, 0.717) is 11.8 Å². The molecule has 0 aliphatic carbocycles. The van der Waals surface area contributed by atoms with E-state index in [1.165, 1.54) is 7.11 Å². The summed E-state index contributed by atoms with van der Waals surface area (Å²) in [6.07, 6.45) is 6.35. The number of aromatic nitrogens is 2. The average molecular weight is 253 g/mol. The molecule has 100 valence electrons. The van der Waals surface area contributed by atoms with Crippen molar-refractivity contribution in [1.82, 2.24) is 9.78 Å². The molecule has 2 heterocycles. The zero-order chi connectivity index (χ0) is 13.0. The summed E-state index contributed by atoms with van der Waals surface area (Å²) in [6, 6.07) is 0. The van der Waals surface area contributed by atoms with Crippen LogP contribution >= 0.6 is 0 Å². The van der Waals surface area contributed by atoms with E-state index in [1.807, 2.05) is 0 Å². The molecule has 1 aromatic heterocycles. The van der Waals surface area contributed by atoms with Gasteiger partial charge in [0.1, 0.15) is 0 Å². The maximum atomic E-state index is 11.3. The number of methoxy groups -OCH3 is 1. The van der Waals surface area contributed by atoms with Crippen LogP contribution in [0.2, 0.25) is 0 Å². The molecule has 0 saturated carbocycles. The summed E-state index contributed by atoms with van der Waals surface area (Å²) in [5, 5.41) is 4.12. The molecule has 6 nitrogen and oxygen atoms in total. The van der Waals surface area contributed by atoms with Gasteiger partial charge < -0.3 is 15.2 Å². The molecule has 6 heteroatoms. The summed E-state index contributed by atoms with van der Waals surface area (Å²) < 4.78 is 11.8. The van der Waals surface area contributed by atoms with Crippen molar-refractivity contribution < 1.29 is 14.3 Å². The number of aryl methyl sites for hydroxylation is 1. The Morgan fingerprint density at radius 1 is 1.72 bits per heavy atom. The van der Waals surface area contributed by atoms with Gasteiger partial charge in [-0.1, -0.05) is 0 Å². The fourth-order valence-corrected chi connectivity index (χ4v) is 2.16. The highest BCUT2D eigenvalue weighted by Gasteiger charge is 2.17. The summed E-state index contributed by atoms with van der Waals surface area (Å²) in [5.74, 6) is -0.495. The Morgan fingerprint density at radius 3 is 3.22 bits per heavy atom. The van der Waals surface area contributed by atoms with Crippen molar-refractivity contribution in [2.24, 2.45) is 0 Å². The number of nitrogens with zero attached hydrogens (tertiary/aromatic N) is 2. The quantitative estimate of drug-likeness (QED) is 0.798. The molecular weight excluding hydrogens is 234 g/mol. The van der Waals surface area contributed by atoms with Gasteiger partial charge in [0.25, 0.3) is 0 Å². The molecule has 0 radical (unpaired) electrons. The first kappa shape index (κ1) is 12.9. The predicted octanol–water partition coefficient (Wildman–Crippen LogP) is 1.21. The molecule has 2 N–H and O–H groups in total. The molecule has 1 aromatic rings. The number of esters is 1. The maximum absolute atomic E-state index is 11.3. The van der Waals surface area contributed by atoms with Crippen molar-refractivity contribution in [3.8, 4) is 0 Å². The smallest absolute Gasteiger partial charge is 0.360 e. The molecule has 0 aromatic carbocycles. The van der Waals surface area contributed by atoms with Crippen molar-refractivity contribution in [1.29, 1.82) is 0 Å². The van der Waals surface area contributed by atoms with E-state index in [4.69, 9.17) is 10.5 Å². The molecule has 18 heavy (non-hydrogen) atoms. The highest BCUT2D eigenvalue weighted by Crippen LogP contribution is 2.17. The van der Waals surface area contributed by atoms with Gasteiger partial charge in [0.15, 0.2) is 5.69 Å².